The lowest BCUT2D eigenvalue weighted by Crippen LogP contribution is -2.44. The van der Waals surface area contributed by atoms with Gasteiger partial charge in [0, 0.05) is 42.8 Å². The number of carbonyl (C=O) groups is 2. The van der Waals surface area contributed by atoms with Crippen LogP contribution in [0.1, 0.15) is 35.7 Å². The summed E-state index contributed by atoms with van der Waals surface area (Å²) in [6, 6.07) is 7.69. The van der Waals surface area contributed by atoms with E-state index in [9.17, 15) is 14.0 Å². The molecule has 4 aromatic rings. The number of hydrogen-bond acceptors (Lipinski definition) is 7. The molecule has 0 aliphatic carbocycles. The standard InChI is InChI=1S/C26H25FN6O3.ClH/c1-15(2)18-13-29-23(16-3-5-17(27)6-4-16)32-24(18)31-20-7-8-28-25-21(20)19(14-30-25)22(34)26(35)33-9-11-36-12-10-33;/h3-8,13-15H,9-12H2,1-2H3,(H2,28,29,30,31,32);1H. The van der Waals surface area contributed by atoms with Crippen molar-refractivity contribution in [2.75, 3.05) is 31.6 Å². The van der Waals surface area contributed by atoms with Crippen LogP contribution in [0.2, 0.25) is 0 Å². The van der Waals surface area contributed by atoms with E-state index in [1.807, 2.05) is 13.8 Å². The van der Waals surface area contributed by atoms with E-state index in [0.29, 0.717) is 60.2 Å². The predicted molar refractivity (Wildman–Crippen MR) is 140 cm³/mol. The van der Waals surface area contributed by atoms with Gasteiger partial charge in [0.1, 0.15) is 17.3 Å². The zero-order valence-corrected chi connectivity index (χ0v) is 21.1. The number of amides is 1. The van der Waals surface area contributed by atoms with Crippen LogP contribution in [0, 0.1) is 5.82 Å². The van der Waals surface area contributed by atoms with E-state index < -0.39 is 11.7 Å². The first-order valence-corrected chi connectivity index (χ1v) is 11.7. The van der Waals surface area contributed by atoms with Crippen LogP contribution in [-0.4, -0.2) is 62.8 Å². The number of ether oxygens (including phenoxy) is 1. The molecule has 3 aromatic heterocycles. The fraction of sp³-hybridized carbons (Fsp3) is 0.269. The highest BCUT2D eigenvalue weighted by molar-refractivity contribution is 6.45. The van der Waals surface area contributed by atoms with Crippen LogP contribution in [0.25, 0.3) is 22.4 Å². The average Bonchev–Trinajstić information content (AvgIpc) is 3.34. The van der Waals surface area contributed by atoms with Gasteiger partial charge in [-0.1, -0.05) is 13.8 Å². The van der Waals surface area contributed by atoms with Gasteiger partial charge in [0.25, 0.3) is 11.7 Å². The normalized spacial score (nSPS) is 13.5. The van der Waals surface area contributed by atoms with Gasteiger partial charge < -0.3 is 19.9 Å². The van der Waals surface area contributed by atoms with Gasteiger partial charge in [-0.15, -0.1) is 12.4 Å². The Bertz CT molecular complexity index is 1430. The minimum absolute atomic E-state index is 0. The summed E-state index contributed by atoms with van der Waals surface area (Å²) in [6.07, 6.45) is 4.86. The van der Waals surface area contributed by atoms with E-state index >= 15 is 0 Å². The second kappa shape index (κ2) is 11.0. The molecule has 9 nitrogen and oxygen atoms in total. The number of halogens is 2. The fourth-order valence-corrected chi connectivity index (χ4v) is 4.14. The molecular weight excluding hydrogens is 499 g/mol. The van der Waals surface area contributed by atoms with Gasteiger partial charge in [-0.05, 0) is 36.2 Å². The van der Waals surface area contributed by atoms with Gasteiger partial charge in [0.15, 0.2) is 5.82 Å². The largest absolute Gasteiger partial charge is 0.378 e. The van der Waals surface area contributed by atoms with Gasteiger partial charge in [-0.3, -0.25) is 9.59 Å². The van der Waals surface area contributed by atoms with Crippen molar-refractivity contribution >= 4 is 46.6 Å². The van der Waals surface area contributed by atoms with E-state index in [4.69, 9.17) is 9.72 Å². The third kappa shape index (κ3) is 5.30. The number of morpholine rings is 1. The summed E-state index contributed by atoms with van der Waals surface area (Å²) < 4.78 is 18.7. The summed E-state index contributed by atoms with van der Waals surface area (Å²) in [5.41, 5.74) is 2.81. The Hall–Kier alpha value is -3.89. The van der Waals surface area contributed by atoms with Crippen LogP contribution in [0.3, 0.4) is 0 Å². The molecular formula is C26H26ClFN6O3. The van der Waals surface area contributed by atoms with Gasteiger partial charge in [-0.25, -0.2) is 19.3 Å². The van der Waals surface area contributed by atoms with Crippen LogP contribution in [0.15, 0.2) is 48.9 Å². The zero-order chi connectivity index (χ0) is 25.2. The lowest BCUT2D eigenvalue weighted by molar-refractivity contribution is -0.130. The van der Waals surface area contributed by atoms with Crippen molar-refractivity contribution in [2.24, 2.45) is 0 Å². The predicted octanol–water partition coefficient (Wildman–Crippen LogP) is 4.49. The van der Waals surface area contributed by atoms with Gasteiger partial charge in [0.2, 0.25) is 0 Å². The lowest BCUT2D eigenvalue weighted by Gasteiger charge is -2.26. The van der Waals surface area contributed by atoms with Gasteiger partial charge in [-0.2, -0.15) is 0 Å². The number of hydrogen-bond donors (Lipinski definition) is 2. The Morgan fingerprint density at radius 2 is 1.84 bits per heavy atom. The van der Waals surface area contributed by atoms with Crippen molar-refractivity contribution in [2.45, 2.75) is 19.8 Å². The number of rotatable bonds is 6. The fourth-order valence-electron chi connectivity index (χ4n) is 4.14. The number of aromatic amines is 1. The van der Waals surface area contributed by atoms with Crippen LogP contribution in [-0.2, 0) is 9.53 Å². The molecule has 5 rings (SSSR count). The number of pyridine rings is 1. The molecule has 0 radical (unpaired) electrons. The van der Waals surface area contributed by atoms with Crippen molar-refractivity contribution in [3.63, 3.8) is 0 Å². The maximum atomic E-state index is 13.4. The molecule has 2 N–H and O–H groups in total. The van der Waals surface area contributed by atoms with Crippen molar-refractivity contribution in [3.8, 4) is 11.4 Å². The lowest BCUT2D eigenvalue weighted by atomic mass is 10.0. The number of carbonyl (C=O) groups excluding carboxylic acids is 2. The molecule has 192 valence electrons. The maximum Gasteiger partial charge on any atom is 0.295 e. The molecule has 0 saturated carbocycles. The third-order valence-corrected chi connectivity index (χ3v) is 6.11. The van der Waals surface area contributed by atoms with Gasteiger partial charge >= 0.3 is 0 Å². The van der Waals surface area contributed by atoms with E-state index in [2.05, 4.69) is 20.3 Å². The molecule has 0 spiro atoms. The van der Waals surface area contributed by atoms with Crippen molar-refractivity contribution in [1.29, 1.82) is 0 Å². The second-order valence-electron chi connectivity index (χ2n) is 8.80. The Morgan fingerprint density at radius 1 is 1.11 bits per heavy atom. The van der Waals surface area contributed by atoms with Gasteiger partial charge in [0.05, 0.1) is 29.9 Å². The van der Waals surface area contributed by atoms with E-state index in [0.717, 1.165) is 5.56 Å². The molecule has 1 aliphatic rings. The Balaban J connectivity index is 0.00000320. The number of H-pyrrole nitrogens is 1. The summed E-state index contributed by atoms with van der Waals surface area (Å²) in [7, 11) is 0. The first kappa shape index (κ1) is 26.2. The molecule has 1 saturated heterocycles. The molecule has 1 aromatic carbocycles. The Labute approximate surface area is 218 Å². The van der Waals surface area contributed by atoms with Crippen LogP contribution < -0.4 is 5.32 Å². The molecule has 1 amide bonds. The Morgan fingerprint density at radius 3 is 2.54 bits per heavy atom. The minimum Gasteiger partial charge on any atom is -0.378 e. The maximum absolute atomic E-state index is 13.4. The number of anilines is 2. The number of Topliss-reactive ketones (excluding diaryl/α,β-unsaturated/α-hetero) is 1. The summed E-state index contributed by atoms with van der Waals surface area (Å²) in [5.74, 6) is -0.449. The molecule has 0 bridgehead atoms. The van der Waals surface area contributed by atoms with Crippen molar-refractivity contribution in [3.05, 3.63) is 65.9 Å². The minimum atomic E-state index is -0.613. The van der Waals surface area contributed by atoms with Crippen LogP contribution >= 0.6 is 12.4 Å². The molecule has 1 aliphatic heterocycles. The summed E-state index contributed by atoms with van der Waals surface area (Å²) in [5, 5.41) is 3.84. The number of ketones is 1. The molecule has 11 heteroatoms. The molecule has 1 fully saturated rings. The quantitative estimate of drug-likeness (QED) is 0.282. The van der Waals surface area contributed by atoms with Crippen molar-refractivity contribution < 1.29 is 18.7 Å². The SMILES string of the molecule is CC(C)c1cnc(-c2ccc(F)cc2)nc1Nc1ccnc2[nH]cc(C(=O)C(=O)N3CCOCC3)c12.Cl. The number of benzene rings is 1. The topological polar surface area (TPSA) is 113 Å². The molecule has 0 atom stereocenters. The number of fused-ring (bicyclic) bond motifs is 1. The smallest absolute Gasteiger partial charge is 0.295 e. The number of nitrogens with one attached hydrogen (secondary N) is 2. The van der Waals surface area contributed by atoms with Crippen LogP contribution in [0.4, 0.5) is 15.9 Å². The highest BCUT2D eigenvalue weighted by atomic mass is 35.5. The number of aromatic nitrogens is 4. The molecule has 0 unspecified atom stereocenters. The zero-order valence-electron chi connectivity index (χ0n) is 20.3. The van der Waals surface area contributed by atoms with Crippen LogP contribution in [0.5, 0.6) is 0 Å². The third-order valence-electron chi connectivity index (χ3n) is 6.11. The monoisotopic (exact) mass is 524 g/mol. The average molecular weight is 525 g/mol. The summed E-state index contributed by atoms with van der Waals surface area (Å²) in [6.45, 7) is 5.61. The Kier molecular flexibility index (Phi) is 7.80. The molecule has 4 heterocycles. The van der Waals surface area contributed by atoms with E-state index in [1.54, 1.807) is 30.6 Å². The highest BCUT2D eigenvalue weighted by Crippen LogP contribution is 2.32. The summed E-state index contributed by atoms with van der Waals surface area (Å²) in [4.78, 5) is 44.1. The highest BCUT2D eigenvalue weighted by Gasteiger charge is 2.28. The second-order valence-corrected chi connectivity index (χ2v) is 8.80. The number of nitrogens with zero attached hydrogens (tertiary/aromatic N) is 4. The molecule has 37 heavy (non-hydrogen) atoms. The van der Waals surface area contributed by atoms with Crippen molar-refractivity contribution in [1.82, 2.24) is 24.8 Å². The van der Waals surface area contributed by atoms with E-state index in [1.165, 1.54) is 23.2 Å². The first-order valence-electron chi connectivity index (χ1n) is 11.7. The van der Waals surface area contributed by atoms with E-state index in [-0.39, 0.29) is 29.7 Å². The first-order chi connectivity index (χ1) is 17.4. The summed E-state index contributed by atoms with van der Waals surface area (Å²) >= 11 is 0.